The zero-order chi connectivity index (χ0) is 21.3. The van der Waals surface area contributed by atoms with Crippen LogP contribution >= 0.6 is 0 Å². The predicted octanol–water partition coefficient (Wildman–Crippen LogP) is 2.12. The van der Waals surface area contributed by atoms with E-state index in [-0.39, 0.29) is 30.9 Å². The number of anilines is 1. The standard InChI is InChI=1S/C24H31N3O3/c1-3-15-27(17-24(29)26-21-12-6-7-14-22(21)30-2)16-23(28)25-20-13-8-10-18-9-4-5-11-19(18)20/h4-7,9,11-12,14,20H,3,8,10,13,15-17H2,1-2H3,(H,25,28)(H,26,29)/p+1/t20-/m0/s1. The van der Waals surface area contributed by atoms with E-state index >= 15 is 0 Å². The molecule has 1 unspecified atom stereocenters. The highest BCUT2D eigenvalue weighted by Gasteiger charge is 2.24. The number of ether oxygens (including phenoxy) is 1. The molecule has 0 heterocycles. The first-order valence-electron chi connectivity index (χ1n) is 10.7. The summed E-state index contributed by atoms with van der Waals surface area (Å²) in [5.74, 6) is 0.487. The minimum atomic E-state index is -0.126. The van der Waals surface area contributed by atoms with Crippen LogP contribution < -0.4 is 20.3 Å². The second-order valence-corrected chi connectivity index (χ2v) is 7.81. The van der Waals surface area contributed by atoms with Crippen molar-refractivity contribution >= 4 is 17.5 Å². The number of hydrogen-bond acceptors (Lipinski definition) is 3. The highest BCUT2D eigenvalue weighted by Crippen LogP contribution is 2.29. The highest BCUT2D eigenvalue weighted by molar-refractivity contribution is 5.93. The van der Waals surface area contributed by atoms with Crippen LogP contribution in [0.25, 0.3) is 0 Å². The fraction of sp³-hybridized carbons (Fsp3) is 0.417. The fourth-order valence-corrected chi connectivity index (χ4v) is 4.14. The molecule has 2 amide bonds. The third-order valence-corrected chi connectivity index (χ3v) is 5.51. The van der Waals surface area contributed by atoms with Gasteiger partial charge in [-0.3, -0.25) is 9.59 Å². The van der Waals surface area contributed by atoms with Crippen LogP contribution in [0.4, 0.5) is 5.69 Å². The average Bonchev–Trinajstić information content (AvgIpc) is 2.74. The number of methoxy groups -OCH3 is 1. The minimum Gasteiger partial charge on any atom is -0.495 e. The largest absolute Gasteiger partial charge is 0.495 e. The van der Waals surface area contributed by atoms with E-state index in [1.165, 1.54) is 11.1 Å². The molecule has 0 spiro atoms. The molecule has 1 aliphatic rings. The number of para-hydroxylation sites is 2. The maximum absolute atomic E-state index is 12.8. The first-order chi connectivity index (χ1) is 14.6. The van der Waals surface area contributed by atoms with Gasteiger partial charge in [-0.05, 0) is 48.9 Å². The van der Waals surface area contributed by atoms with Crippen LogP contribution in [-0.4, -0.2) is 38.6 Å². The fourth-order valence-electron chi connectivity index (χ4n) is 4.14. The zero-order valence-corrected chi connectivity index (χ0v) is 17.9. The summed E-state index contributed by atoms with van der Waals surface area (Å²) in [5.41, 5.74) is 3.19. The number of carbonyl (C=O) groups is 2. The SMILES string of the molecule is CCC[NH+](CC(=O)Nc1ccccc1OC)CC(=O)N[C@H]1CCCc2ccccc21. The van der Waals surface area contributed by atoms with Gasteiger partial charge < -0.3 is 20.3 Å². The van der Waals surface area contributed by atoms with E-state index < -0.39 is 0 Å². The molecule has 0 bridgehead atoms. The molecule has 6 nitrogen and oxygen atoms in total. The van der Waals surface area contributed by atoms with E-state index in [1.54, 1.807) is 7.11 Å². The van der Waals surface area contributed by atoms with Gasteiger partial charge in [0.1, 0.15) is 5.75 Å². The van der Waals surface area contributed by atoms with Crippen LogP contribution in [0.1, 0.15) is 43.4 Å². The van der Waals surface area contributed by atoms with Crippen LogP contribution in [0.5, 0.6) is 5.75 Å². The minimum absolute atomic E-state index is 0.00903. The van der Waals surface area contributed by atoms with Gasteiger partial charge in [0.2, 0.25) is 0 Å². The van der Waals surface area contributed by atoms with E-state index in [2.05, 4.69) is 35.8 Å². The Hall–Kier alpha value is -2.86. The molecule has 2 aromatic rings. The van der Waals surface area contributed by atoms with Gasteiger partial charge in [0.05, 0.1) is 25.4 Å². The molecule has 0 fully saturated rings. The summed E-state index contributed by atoms with van der Waals surface area (Å²) in [6, 6.07) is 15.7. The zero-order valence-electron chi connectivity index (χ0n) is 17.9. The van der Waals surface area contributed by atoms with Crippen molar-refractivity contribution in [3.05, 3.63) is 59.7 Å². The second-order valence-electron chi connectivity index (χ2n) is 7.81. The molecule has 160 valence electrons. The first-order valence-corrected chi connectivity index (χ1v) is 10.7. The van der Waals surface area contributed by atoms with Crippen LogP contribution in [0, 0.1) is 0 Å². The second kappa shape index (κ2) is 10.8. The Labute approximate surface area is 178 Å². The topological polar surface area (TPSA) is 71.9 Å². The molecule has 0 aliphatic heterocycles. The summed E-state index contributed by atoms with van der Waals surface area (Å²) < 4.78 is 5.29. The van der Waals surface area contributed by atoms with Crippen LogP contribution in [0.15, 0.2) is 48.5 Å². The molecule has 3 N–H and O–H groups in total. The van der Waals surface area contributed by atoms with Crippen molar-refractivity contribution in [2.75, 3.05) is 32.1 Å². The lowest BCUT2D eigenvalue weighted by atomic mass is 9.88. The lowest BCUT2D eigenvalue weighted by molar-refractivity contribution is -0.883. The highest BCUT2D eigenvalue weighted by atomic mass is 16.5. The number of fused-ring (bicyclic) bond motifs is 1. The number of carbonyl (C=O) groups excluding carboxylic acids is 2. The number of aryl methyl sites for hydroxylation is 1. The molecule has 2 aromatic carbocycles. The molecule has 0 saturated carbocycles. The van der Waals surface area contributed by atoms with Gasteiger partial charge in [-0.15, -0.1) is 0 Å². The molecule has 2 atom stereocenters. The van der Waals surface area contributed by atoms with Crippen molar-refractivity contribution in [1.29, 1.82) is 0 Å². The Morgan fingerprint density at radius 2 is 1.80 bits per heavy atom. The Kier molecular flexibility index (Phi) is 7.85. The van der Waals surface area contributed by atoms with E-state index in [0.29, 0.717) is 11.4 Å². The van der Waals surface area contributed by atoms with Gasteiger partial charge >= 0.3 is 0 Å². The van der Waals surface area contributed by atoms with Crippen LogP contribution in [0.3, 0.4) is 0 Å². The Bertz CT molecular complexity index is 868. The van der Waals surface area contributed by atoms with Crippen molar-refractivity contribution in [2.45, 2.75) is 38.6 Å². The number of quaternary nitrogens is 1. The van der Waals surface area contributed by atoms with E-state index in [4.69, 9.17) is 4.74 Å². The van der Waals surface area contributed by atoms with Crippen LogP contribution in [-0.2, 0) is 16.0 Å². The lowest BCUT2D eigenvalue weighted by Crippen LogP contribution is -3.14. The van der Waals surface area contributed by atoms with E-state index in [1.807, 2.05) is 30.3 Å². The quantitative estimate of drug-likeness (QED) is 0.593. The van der Waals surface area contributed by atoms with Crippen molar-refractivity contribution in [3.8, 4) is 5.75 Å². The van der Waals surface area contributed by atoms with Gasteiger partial charge in [0.25, 0.3) is 11.8 Å². The summed E-state index contributed by atoms with van der Waals surface area (Å²) in [5, 5.41) is 6.10. The van der Waals surface area contributed by atoms with Gasteiger partial charge in [-0.25, -0.2) is 0 Å². The average molecular weight is 411 g/mol. The Balaban J connectivity index is 1.57. The molecule has 30 heavy (non-hydrogen) atoms. The molecule has 3 rings (SSSR count). The van der Waals surface area contributed by atoms with Gasteiger partial charge in [0, 0.05) is 0 Å². The van der Waals surface area contributed by atoms with Gasteiger partial charge in [-0.1, -0.05) is 43.3 Å². The van der Waals surface area contributed by atoms with Gasteiger partial charge in [-0.2, -0.15) is 0 Å². The lowest BCUT2D eigenvalue weighted by Gasteiger charge is -2.27. The molecule has 0 radical (unpaired) electrons. The summed E-state index contributed by atoms with van der Waals surface area (Å²) in [6.07, 6.45) is 4.00. The molecule has 0 aromatic heterocycles. The Morgan fingerprint density at radius 1 is 1.07 bits per heavy atom. The molecule has 6 heteroatoms. The third-order valence-electron chi connectivity index (χ3n) is 5.51. The third kappa shape index (κ3) is 5.83. The molecular weight excluding hydrogens is 378 g/mol. The van der Waals surface area contributed by atoms with E-state index in [9.17, 15) is 9.59 Å². The summed E-state index contributed by atoms with van der Waals surface area (Å²) >= 11 is 0. The van der Waals surface area contributed by atoms with Crippen LogP contribution in [0.2, 0.25) is 0 Å². The van der Waals surface area contributed by atoms with Crippen molar-refractivity contribution in [1.82, 2.24) is 5.32 Å². The summed E-state index contributed by atoms with van der Waals surface area (Å²) in [7, 11) is 1.58. The van der Waals surface area contributed by atoms with Crippen molar-refractivity contribution in [3.63, 3.8) is 0 Å². The smallest absolute Gasteiger partial charge is 0.279 e. The number of hydrogen-bond donors (Lipinski definition) is 3. The number of benzene rings is 2. The van der Waals surface area contributed by atoms with E-state index in [0.717, 1.165) is 37.1 Å². The Morgan fingerprint density at radius 3 is 2.60 bits per heavy atom. The monoisotopic (exact) mass is 410 g/mol. The predicted molar refractivity (Wildman–Crippen MR) is 118 cm³/mol. The molecule has 0 saturated heterocycles. The van der Waals surface area contributed by atoms with Gasteiger partial charge in [0.15, 0.2) is 13.1 Å². The summed E-state index contributed by atoms with van der Waals surface area (Å²) in [6.45, 7) is 3.34. The maximum Gasteiger partial charge on any atom is 0.279 e. The van der Waals surface area contributed by atoms with Crippen molar-refractivity contribution < 1.29 is 19.2 Å². The number of rotatable bonds is 9. The normalized spacial score (nSPS) is 16.3. The first kappa shape index (κ1) is 21.8. The summed E-state index contributed by atoms with van der Waals surface area (Å²) in [4.78, 5) is 26.3. The molecular formula is C24H32N3O3+. The number of amides is 2. The number of nitrogens with one attached hydrogen (secondary N) is 3. The van der Waals surface area contributed by atoms with Crippen molar-refractivity contribution in [2.24, 2.45) is 0 Å². The molecule has 1 aliphatic carbocycles. The maximum atomic E-state index is 12.8.